The summed E-state index contributed by atoms with van der Waals surface area (Å²) >= 11 is 0. The van der Waals surface area contributed by atoms with E-state index in [-0.39, 0.29) is 18.9 Å². The highest BCUT2D eigenvalue weighted by atomic mass is 16.5. The summed E-state index contributed by atoms with van der Waals surface area (Å²) in [6.45, 7) is 0.414. The molecule has 0 saturated carbocycles. The first-order chi connectivity index (χ1) is 7.63. The molecular weight excluding hydrogens is 212 g/mol. The van der Waals surface area contributed by atoms with Crippen molar-refractivity contribution in [3.63, 3.8) is 0 Å². The van der Waals surface area contributed by atoms with Gasteiger partial charge >= 0.3 is 5.97 Å². The zero-order valence-electron chi connectivity index (χ0n) is 9.29. The molecule has 16 heavy (non-hydrogen) atoms. The van der Waals surface area contributed by atoms with Gasteiger partial charge in [-0.2, -0.15) is 5.10 Å². The Morgan fingerprint density at radius 3 is 2.81 bits per heavy atom. The Labute approximate surface area is 93.0 Å². The second-order valence-electron chi connectivity index (χ2n) is 3.23. The van der Waals surface area contributed by atoms with Crippen LogP contribution in [-0.4, -0.2) is 52.2 Å². The maximum atomic E-state index is 11.5. The van der Waals surface area contributed by atoms with Gasteiger partial charge in [0.05, 0.1) is 13.7 Å². The van der Waals surface area contributed by atoms with Gasteiger partial charge in [0.1, 0.15) is 19.2 Å². The molecule has 7 heteroatoms. The van der Waals surface area contributed by atoms with Gasteiger partial charge in [-0.15, -0.1) is 0 Å². The van der Waals surface area contributed by atoms with Crippen molar-refractivity contribution in [3.05, 3.63) is 12.7 Å². The molecule has 0 spiro atoms. The standard InChI is InChI=1S/C9H14N4O3/c1-12(5-9(15)16-2)8(14)3-4-13-7-10-6-11-13/h6-7H,3-5H2,1-2H3. The molecule has 0 aromatic carbocycles. The van der Waals surface area contributed by atoms with E-state index in [1.807, 2.05) is 0 Å². The van der Waals surface area contributed by atoms with Crippen molar-refractivity contribution in [2.24, 2.45) is 0 Å². The van der Waals surface area contributed by atoms with E-state index in [1.165, 1.54) is 24.7 Å². The normalized spacial score (nSPS) is 9.88. The van der Waals surface area contributed by atoms with Crippen LogP contribution in [-0.2, 0) is 20.9 Å². The number of esters is 1. The Morgan fingerprint density at radius 2 is 2.25 bits per heavy atom. The third-order valence-corrected chi connectivity index (χ3v) is 2.04. The Balaban J connectivity index is 2.31. The molecule has 1 rings (SSSR count). The summed E-state index contributed by atoms with van der Waals surface area (Å²) in [4.78, 5) is 27.5. The lowest BCUT2D eigenvalue weighted by atomic mass is 10.3. The third kappa shape index (κ3) is 3.68. The fourth-order valence-corrected chi connectivity index (χ4v) is 1.10. The summed E-state index contributed by atoms with van der Waals surface area (Å²) in [5.74, 6) is -0.572. The van der Waals surface area contributed by atoms with E-state index < -0.39 is 5.97 Å². The number of carbonyl (C=O) groups excluding carboxylic acids is 2. The van der Waals surface area contributed by atoms with Gasteiger partial charge in [0.25, 0.3) is 0 Å². The first kappa shape index (κ1) is 12.2. The lowest BCUT2D eigenvalue weighted by Crippen LogP contribution is -2.33. The molecule has 1 heterocycles. The van der Waals surface area contributed by atoms with E-state index in [0.717, 1.165) is 0 Å². The highest BCUT2D eigenvalue weighted by molar-refractivity contribution is 5.81. The van der Waals surface area contributed by atoms with Crippen molar-refractivity contribution < 1.29 is 14.3 Å². The average Bonchev–Trinajstić information content (AvgIpc) is 2.78. The Hall–Kier alpha value is -1.92. The number of amides is 1. The van der Waals surface area contributed by atoms with Crippen molar-refractivity contribution in [2.45, 2.75) is 13.0 Å². The zero-order chi connectivity index (χ0) is 12.0. The SMILES string of the molecule is COC(=O)CN(C)C(=O)CCn1cncn1. The quantitative estimate of drug-likeness (QED) is 0.620. The van der Waals surface area contributed by atoms with Crippen LogP contribution in [0.2, 0.25) is 0 Å². The largest absolute Gasteiger partial charge is 0.468 e. The highest BCUT2D eigenvalue weighted by Gasteiger charge is 2.12. The average molecular weight is 226 g/mol. The van der Waals surface area contributed by atoms with Gasteiger partial charge in [-0.05, 0) is 0 Å². The zero-order valence-corrected chi connectivity index (χ0v) is 9.29. The fourth-order valence-electron chi connectivity index (χ4n) is 1.10. The topological polar surface area (TPSA) is 77.3 Å². The number of methoxy groups -OCH3 is 1. The van der Waals surface area contributed by atoms with Crippen LogP contribution >= 0.6 is 0 Å². The third-order valence-electron chi connectivity index (χ3n) is 2.04. The van der Waals surface area contributed by atoms with Gasteiger partial charge in [0, 0.05) is 13.5 Å². The maximum Gasteiger partial charge on any atom is 0.325 e. The van der Waals surface area contributed by atoms with Crippen LogP contribution in [0.5, 0.6) is 0 Å². The Bertz CT molecular complexity index is 350. The van der Waals surface area contributed by atoms with Crippen LogP contribution in [0.3, 0.4) is 0 Å². The first-order valence-electron chi connectivity index (χ1n) is 4.76. The van der Waals surface area contributed by atoms with E-state index in [1.54, 1.807) is 11.7 Å². The molecule has 0 saturated heterocycles. The molecule has 0 radical (unpaired) electrons. The second kappa shape index (κ2) is 5.84. The van der Waals surface area contributed by atoms with Crippen molar-refractivity contribution in [1.82, 2.24) is 19.7 Å². The molecule has 1 aromatic rings. The number of likely N-dealkylation sites (N-methyl/N-ethyl adjacent to an activating group) is 1. The summed E-state index contributed by atoms with van der Waals surface area (Å²) in [6.07, 6.45) is 3.22. The van der Waals surface area contributed by atoms with Crippen LogP contribution in [0.1, 0.15) is 6.42 Å². The van der Waals surface area contributed by atoms with Gasteiger partial charge in [-0.25, -0.2) is 4.98 Å². The molecule has 0 aliphatic carbocycles. The minimum atomic E-state index is -0.434. The summed E-state index contributed by atoms with van der Waals surface area (Å²) in [5, 5.41) is 3.87. The second-order valence-corrected chi connectivity index (χ2v) is 3.23. The molecule has 0 aliphatic heterocycles. The maximum absolute atomic E-state index is 11.5. The molecule has 0 bridgehead atoms. The van der Waals surface area contributed by atoms with Crippen LogP contribution in [0.4, 0.5) is 0 Å². The number of hydrogen-bond acceptors (Lipinski definition) is 5. The number of hydrogen-bond donors (Lipinski definition) is 0. The predicted molar refractivity (Wildman–Crippen MR) is 54.3 cm³/mol. The first-order valence-corrected chi connectivity index (χ1v) is 4.76. The van der Waals surface area contributed by atoms with Gasteiger partial charge in [-0.3, -0.25) is 14.3 Å². The molecule has 0 fully saturated rings. The molecule has 7 nitrogen and oxygen atoms in total. The molecule has 0 aliphatic rings. The molecule has 1 amide bonds. The van der Waals surface area contributed by atoms with Crippen LogP contribution in [0.25, 0.3) is 0 Å². The summed E-state index contributed by atoms with van der Waals surface area (Å²) in [6, 6.07) is 0. The predicted octanol–water partition coefficient (Wildman–Crippen LogP) is -0.700. The van der Waals surface area contributed by atoms with E-state index >= 15 is 0 Å². The molecule has 1 aromatic heterocycles. The minimum absolute atomic E-state index is 0.0350. The molecular formula is C9H14N4O3. The van der Waals surface area contributed by atoms with E-state index in [9.17, 15) is 9.59 Å². The van der Waals surface area contributed by atoms with Crippen LogP contribution in [0.15, 0.2) is 12.7 Å². The summed E-state index contributed by atoms with van der Waals surface area (Å²) in [5.41, 5.74) is 0. The molecule has 88 valence electrons. The van der Waals surface area contributed by atoms with E-state index in [2.05, 4.69) is 14.8 Å². The fraction of sp³-hybridized carbons (Fsp3) is 0.556. The van der Waals surface area contributed by atoms with E-state index in [4.69, 9.17) is 0 Å². The monoisotopic (exact) mass is 226 g/mol. The van der Waals surface area contributed by atoms with Crippen molar-refractivity contribution >= 4 is 11.9 Å². The number of ether oxygens (including phenoxy) is 1. The highest BCUT2D eigenvalue weighted by Crippen LogP contribution is 1.94. The number of aromatic nitrogens is 3. The lowest BCUT2D eigenvalue weighted by molar-refractivity contribution is -0.146. The molecule has 0 atom stereocenters. The van der Waals surface area contributed by atoms with E-state index in [0.29, 0.717) is 6.54 Å². The summed E-state index contributed by atoms with van der Waals surface area (Å²) in [7, 11) is 2.84. The van der Waals surface area contributed by atoms with Gasteiger partial charge in [0.2, 0.25) is 5.91 Å². The molecule has 0 N–H and O–H groups in total. The Morgan fingerprint density at radius 1 is 1.50 bits per heavy atom. The number of nitrogens with zero attached hydrogens (tertiary/aromatic N) is 4. The van der Waals surface area contributed by atoms with Gasteiger partial charge in [0.15, 0.2) is 0 Å². The van der Waals surface area contributed by atoms with Gasteiger partial charge < -0.3 is 9.64 Å². The van der Waals surface area contributed by atoms with Crippen LogP contribution in [0, 0.1) is 0 Å². The smallest absolute Gasteiger partial charge is 0.325 e. The van der Waals surface area contributed by atoms with Gasteiger partial charge in [-0.1, -0.05) is 0 Å². The Kier molecular flexibility index (Phi) is 4.43. The van der Waals surface area contributed by atoms with Crippen LogP contribution < -0.4 is 0 Å². The minimum Gasteiger partial charge on any atom is -0.468 e. The number of aryl methyl sites for hydroxylation is 1. The van der Waals surface area contributed by atoms with Crippen molar-refractivity contribution in [3.8, 4) is 0 Å². The van der Waals surface area contributed by atoms with Crippen molar-refractivity contribution in [1.29, 1.82) is 0 Å². The lowest BCUT2D eigenvalue weighted by Gasteiger charge is -2.15. The molecule has 0 unspecified atom stereocenters. The van der Waals surface area contributed by atoms with Crippen molar-refractivity contribution in [2.75, 3.05) is 20.7 Å². The number of rotatable bonds is 5. The summed E-state index contributed by atoms with van der Waals surface area (Å²) < 4.78 is 6.02. The number of carbonyl (C=O) groups is 2.